The molecule has 2 unspecified atom stereocenters. The molecule has 0 spiro atoms. The molecule has 0 bridgehead atoms. The van der Waals surface area contributed by atoms with Gasteiger partial charge in [-0.3, -0.25) is 0 Å². The second-order valence-corrected chi connectivity index (χ2v) is 6.30. The molecule has 0 aliphatic carbocycles. The number of ether oxygens (including phenoxy) is 2. The van der Waals surface area contributed by atoms with Crippen LogP contribution in [0.1, 0.15) is 98.8 Å². The van der Waals surface area contributed by atoms with Crippen LogP contribution in [0.2, 0.25) is 0 Å². The summed E-state index contributed by atoms with van der Waals surface area (Å²) in [6.45, 7) is 12.6. The van der Waals surface area contributed by atoms with Gasteiger partial charge in [-0.1, -0.05) is 72.6 Å². The zero-order valence-corrected chi connectivity index (χ0v) is 15.4. The molecule has 0 fully saturated rings. The molecule has 0 aliphatic rings. The zero-order valence-electron chi connectivity index (χ0n) is 15.4. The largest absolute Gasteiger partial charge is 0.350 e. The maximum atomic E-state index is 6.19. The van der Waals surface area contributed by atoms with Crippen LogP contribution in [0.15, 0.2) is 0 Å². The van der Waals surface area contributed by atoms with Gasteiger partial charge in [0.2, 0.25) is 0 Å². The minimum absolute atomic E-state index is 0.344. The summed E-state index contributed by atoms with van der Waals surface area (Å²) in [6, 6.07) is 0. The average Bonchev–Trinajstić information content (AvgIpc) is 2.48. The van der Waals surface area contributed by atoms with E-state index in [4.69, 9.17) is 9.47 Å². The van der Waals surface area contributed by atoms with Gasteiger partial charge in [-0.15, -0.1) is 0 Å². The lowest BCUT2D eigenvalue weighted by atomic mass is 9.90. The third-order valence-electron chi connectivity index (χ3n) is 4.28. The SMILES string of the molecule is CCCCCCCCC(C)C(CCC)(OCC)OCCC. The van der Waals surface area contributed by atoms with Crippen molar-refractivity contribution in [1.29, 1.82) is 0 Å². The highest BCUT2D eigenvalue weighted by molar-refractivity contribution is 4.77. The van der Waals surface area contributed by atoms with Gasteiger partial charge >= 0.3 is 0 Å². The summed E-state index contributed by atoms with van der Waals surface area (Å²) in [4.78, 5) is 0. The molecular weight excluding hydrogens is 260 g/mol. The zero-order chi connectivity index (χ0) is 16.0. The monoisotopic (exact) mass is 300 g/mol. The highest BCUT2D eigenvalue weighted by atomic mass is 16.7. The van der Waals surface area contributed by atoms with Crippen molar-refractivity contribution in [3.8, 4) is 0 Å². The fraction of sp³-hybridized carbons (Fsp3) is 1.00. The van der Waals surface area contributed by atoms with Gasteiger partial charge in [0.05, 0.1) is 0 Å². The summed E-state index contributed by atoms with van der Waals surface area (Å²) in [7, 11) is 0. The molecule has 0 saturated carbocycles. The van der Waals surface area contributed by atoms with Gasteiger partial charge < -0.3 is 9.47 Å². The normalized spacial score (nSPS) is 15.9. The first-order valence-corrected chi connectivity index (χ1v) is 9.44. The standard InChI is InChI=1S/C19H40O2/c1-6-10-11-12-13-14-15-18(5)19(16-7-2,20-9-4)21-17-8-3/h18H,6-17H2,1-5H3. The lowest BCUT2D eigenvalue weighted by Gasteiger charge is -2.39. The minimum atomic E-state index is -0.344. The Labute approximate surface area is 134 Å². The van der Waals surface area contributed by atoms with Gasteiger partial charge in [0.15, 0.2) is 5.79 Å². The molecule has 0 heterocycles. The Morgan fingerprint density at radius 2 is 1.43 bits per heavy atom. The molecule has 0 aromatic heterocycles. The first-order valence-electron chi connectivity index (χ1n) is 9.44. The van der Waals surface area contributed by atoms with E-state index in [1.165, 1.54) is 44.9 Å². The lowest BCUT2D eigenvalue weighted by Crippen LogP contribution is -2.43. The van der Waals surface area contributed by atoms with E-state index in [0.717, 1.165) is 32.5 Å². The average molecular weight is 301 g/mol. The Balaban J connectivity index is 4.30. The first kappa shape index (κ1) is 20.9. The van der Waals surface area contributed by atoms with Crippen LogP contribution < -0.4 is 0 Å². The summed E-state index contributed by atoms with van der Waals surface area (Å²) < 4.78 is 12.3. The smallest absolute Gasteiger partial charge is 0.170 e. The van der Waals surface area contributed by atoms with Crippen molar-refractivity contribution in [2.24, 2.45) is 5.92 Å². The molecule has 0 saturated heterocycles. The van der Waals surface area contributed by atoms with Crippen LogP contribution in [0.5, 0.6) is 0 Å². The van der Waals surface area contributed by atoms with Gasteiger partial charge in [-0.2, -0.15) is 0 Å². The van der Waals surface area contributed by atoms with E-state index < -0.39 is 0 Å². The maximum Gasteiger partial charge on any atom is 0.170 e. The van der Waals surface area contributed by atoms with Gasteiger partial charge in [0, 0.05) is 25.6 Å². The molecule has 0 amide bonds. The van der Waals surface area contributed by atoms with Crippen LogP contribution in [0.25, 0.3) is 0 Å². The van der Waals surface area contributed by atoms with Crippen LogP contribution in [-0.2, 0) is 9.47 Å². The predicted octanol–water partition coefficient (Wildman–Crippen LogP) is 6.33. The van der Waals surface area contributed by atoms with E-state index in [1.54, 1.807) is 0 Å². The molecule has 2 nitrogen and oxygen atoms in total. The second-order valence-electron chi connectivity index (χ2n) is 6.30. The van der Waals surface area contributed by atoms with E-state index in [2.05, 4.69) is 34.6 Å². The first-order chi connectivity index (χ1) is 10.2. The van der Waals surface area contributed by atoms with Crippen molar-refractivity contribution >= 4 is 0 Å². The minimum Gasteiger partial charge on any atom is -0.350 e. The molecule has 128 valence electrons. The van der Waals surface area contributed by atoms with Gasteiger partial charge in [0.1, 0.15) is 0 Å². The molecule has 0 radical (unpaired) electrons. The number of rotatable bonds is 15. The van der Waals surface area contributed by atoms with Crippen molar-refractivity contribution < 1.29 is 9.47 Å². The molecule has 2 heteroatoms. The van der Waals surface area contributed by atoms with Crippen molar-refractivity contribution in [2.45, 2.75) is 105 Å². The Kier molecular flexibility index (Phi) is 13.5. The molecule has 21 heavy (non-hydrogen) atoms. The third kappa shape index (κ3) is 8.83. The highest BCUT2D eigenvalue weighted by Gasteiger charge is 2.36. The van der Waals surface area contributed by atoms with E-state index in [-0.39, 0.29) is 5.79 Å². The van der Waals surface area contributed by atoms with Crippen molar-refractivity contribution in [1.82, 2.24) is 0 Å². The summed E-state index contributed by atoms with van der Waals surface area (Å²) in [5.74, 6) is 0.137. The molecule has 2 atom stereocenters. The maximum absolute atomic E-state index is 6.19. The topological polar surface area (TPSA) is 18.5 Å². The molecular formula is C19H40O2. The lowest BCUT2D eigenvalue weighted by molar-refractivity contribution is -0.267. The predicted molar refractivity (Wildman–Crippen MR) is 92.7 cm³/mol. The number of hydrogen-bond donors (Lipinski definition) is 0. The molecule has 0 aromatic carbocycles. The fourth-order valence-electron chi connectivity index (χ4n) is 3.04. The van der Waals surface area contributed by atoms with Crippen molar-refractivity contribution in [3.63, 3.8) is 0 Å². The van der Waals surface area contributed by atoms with E-state index in [0.29, 0.717) is 5.92 Å². The third-order valence-corrected chi connectivity index (χ3v) is 4.28. The van der Waals surface area contributed by atoms with Crippen LogP contribution >= 0.6 is 0 Å². The Bertz CT molecular complexity index is 210. The number of hydrogen-bond acceptors (Lipinski definition) is 2. The summed E-state index contributed by atoms with van der Waals surface area (Å²) in [5, 5.41) is 0. The Morgan fingerprint density at radius 3 is 2.00 bits per heavy atom. The molecule has 0 N–H and O–H groups in total. The van der Waals surface area contributed by atoms with Gasteiger partial charge in [-0.25, -0.2) is 0 Å². The Hall–Kier alpha value is -0.0800. The van der Waals surface area contributed by atoms with Crippen molar-refractivity contribution in [3.05, 3.63) is 0 Å². The fourth-order valence-corrected chi connectivity index (χ4v) is 3.04. The highest BCUT2D eigenvalue weighted by Crippen LogP contribution is 2.33. The summed E-state index contributed by atoms with van der Waals surface area (Å²) in [5.41, 5.74) is 0. The van der Waals surface area contributed by atoms with Crippen LogP contribution in [0.3, 0.4) is 0 Å². The summed E-state index contributed by atoms with van der Waals surface area (Å²) in [6.07, 6.45) is 12.5. The molecule has 0 aliphatic heterocycles. The molecule has 0 rings (SSSR count). The van der Waals surface area contributed by atoms with Crippen LogP contribution in [-0.4, -0.2) is 19.0 Å². The summed E-state index contributed by atoms with van der Waals surface area (Å²) >= 11 is 0. The van der Waals surface area contributed by atoms with Gasteiger partial charge in [-0.05, 0) is 19.8 Å². The van der Waals surface area contributed by atoms with Crippen LogP contribution in [0.4, 0.5) is 0 Å². The molecule has 0 aromatic rings. The van der Waals surface area contributed by atoms with E-state index in [1.807, 2.05) is 0 Å². The second kappa shape index (κ2) is 13.6. The Morgan fingerprint density at radius 1 is 0.762 bits per heavy atom. The van der Waals surface area contributed by atoms with Crippen molar-refractivity contribution in [2.75, 3.05) is 13.2 Å². The van der Waals surface area contributed by atoms with E-state index >= 15 is 0 Å². The van der Waals surface area contributed by atoms with E-state index in [9.17, 15) is 0 Å². The number of unbranched alkanes of at least 4 members (excludes halogenated alkanes) is 5. The quantitative estimate of drug-likeness (QED) is 0.260. The van der Waals surface area contributed by atoms with Gasteiger partial charge in [0.25, 0.3) is 0 Å². The van der Waals surface area contributed by atoms with Crippen LogP contribution in [0, 0.1) is 5.92 Å².